The molecule has 1 saturated heterocycles. The molecular formula is C23H24F4N6O. The Kier molecular flexibility index (Phi) is 4.55. The van der Waals surface area contributed by atoms with E-state index in [1.165, 1.54) is 17.0 Å². The number of hydrogen-bond donors (Lipinski definition) is 2. The van der Waals surface area contributed by atoms with E-state index < -0.39 is 36.1 Å². The van der Waals surface area contributed by atoms with E-state index in [9.17, 15) is 22.4 Å². The van der Waals surface area contributed by atoms with E-state index in [0.717, 1.165) is 29.8 Å². The molecule has 180 valence electrons. The summed E-state index contributed by atoms with van der Waals surface area (Å²) in [5.41, 5.74) is -0.356. The van der Waals surface area contributed by atoms with Crippen molar-refractivity contribution in [3.05, 3.63) is 59.2 Å². The van der Waals surface area contributed by atoms with Gasteiger partial charge in [0, 0.05) is 59.9 Å². The lowest BCUT2D eigenvalue weighted by molar-refractivity contribution is -0.141. The highest BCUT2D eigenvalue weighted by molar-refractivity contribution is 5.75. The van der Waals surface area contributed by atoms with Crippen LogP contribution in [-0.4, -0.2) is 52.1 Å². The van der Waals surface area contributed by atoms with Crippen molar-refractivity contribution in [2.75, 3.05) is 31.9 Å². The third-order valence-corrected chi connectivity index (χ3v) is 6.71. The molecule has 0 bridgehead atoms. The number of amides is 2. The van der Waals surface area contributed by atoms with Crippen molar-refractivity contribution in [1.82, 2.24) is 24.8 Å². The van der Waals surface area contributed by atoms with Gasteiger partial charge in [-0.3, -0.25) is 0 Å². The first-order valence-electron chi connectivity index (χ1n) is 12.4. The molecule has 2 aromatic heterocycles. The summed E-state index contributed by atoms with van der Waals surface area (Å²) in [6, 6.07) is 7.56. The molecule has 1 saturated carbocycles. The number of fused-ring (bicyclic) bond motifs is 1. The van der Waals surface area contributed by atoms with Crippen LogP contribution >= 0.6 is 0 Å². The molecule has 34 heavy (non-hydrogen) atoms. The minimum absolute atomic E-state index is 0.0716. The molecule has 3 aromatic rings. The van der Waals surface area contributed by atoms with Gasteiger partial charge in [0.15, 0.2) is 11.3 Å². The Morgan fingerprint density at radius 1 is 1.24 bits per heavy atom. The van der Waals surface area contributed by atoms with Crippen LogP contribution in [0.3, 0.4) is 0 Å². The number of hydrogen-bond acceptors (Lipinski definition) is 4. The molecule has 1 aliphatic carbocycles. The van der Waals surface area contributed by atoms with Gasteiger partial charge in [-0.15, -0.1) is 0 Å². The number of alkyl halides is 3. The normalized spacial score (nSPS) is 19.5. The van der Waals surface area contributed by atoms with Gasteiger partial charge in [-0.05, 0) is 30.5 Å². The summed E-state index contributed by atoms with van der Waals surface area (Å²) in [4.78, 5) is 18.1. The molecule has 0 unspecified atom stereocenters. The molecule has 0 atom stereocenters. The molecule has 0 spiro atoms. The minimum Gasteiger partial charge on any atom is -0.369 e. The van der Waals surface area contributed by atoms with Gasteiger partial charge in [0.2, 0.25) is 0 Å². The second-order valence-corrected chi connectivity index (χ2v) is 8.92. The smallest absolute Gasteiger partial charge is 0.369 e. The fourth-order valence-corrected chi connectivity index (χ4v) is 4.54. The number of urea groups is 1. The molecule has 2 aliphatic rings. The van der Waals surface area contributed by atoms with Crippen molar-refractivity contribution in [3.63, 3.8) is 0 Å². The van der Waals surface area contributed by atoms with Crippen LogP contribution in [0.25, 0.3) is 5.65 Å². The maximum Gasteiger partial charge on any atom is 0.435 e. The van der Waals surface area contributed by atoms with Crippen LogP contribution in [0.2, 0.25) is 0 Å². The van der Waals surface area contributed by atoms with E-state index in [4.69, 9.17) is 4.11 Å². The Labute approximate surface area is 197 Å². The van der Waals surface area contributed by atoms with Crippen LogP contribution in [0.5, 0.6) is 0 Å². The number of nitrogens with one attached hydrogen (secondary N) is 2. The Morgan fingerprint density at radius 3 is 2.59 bits per heavy atom. The van der Waals surface area contributed by atoms with Crippen molar-refractivity contribution < 1.29 is 26.5 Å². The zero-order valence-electron chi connectivity index (χ0n) is 21.0. The summed E-state index contributed by atoms with van der Waals surface area (Å²) >= 11 is 0. The molecule has 2 N–H and O–H groups in total. The van der Waals surface area contributed by atoms with Crippen molar-refractivity contribution in [1.29, 1.82) is 0 Å². The van der Waals surface area contributed by atoms with Gasteiger partial charge in [0.1, 0.15) is 11.6 Å². The van der Waals surface area contributed by atoms with Crippen molar-refractivity contribution in [2.45, 2.75) is 36.8 Å². The molecule has 3 heterocycles. The highest BCUT2D eigenvalue weighted by atomic mass is 19.4. The summed E-state index contributed by atoms with van der Waals surface area (Å²) < 4.78 is 76.6. The zero-order chi connectivity index (χ0) is 26.6. The van der Waals surface area contributed by atoms with Crippen LogP contribution in [0.4, 0.5) is 28.2 Å². The van der Waals surface area contributed by atoms with Gasteiger partial charge in [0.05, 0.1) is 0 Å². The quantitative estimate of drug-likeness (QED) is 0.539. The monoisotopic (exact) mass is 479 g/mol. The van der Waals surface area contributed by atoms with Crippen LogP contribution in [0.1, 0.15) is 46.2 Å². The molecule has 7 nitrogen and oxygen atoms in total. The highest BCUT2D eigenvalue weighted by Crippen LogP contribution is 2.39. The Morgan fingerprint density at radius 2 is 1.97 bits per heavy atom. The average Bonchev–Trinajstić information content (AvgIpc) is 3.16. The van der Waals surface area contributed by atoms with Crippen molar-refractivity contribution in [2.24, 2.45) is 0 Å². The van der Waals surface area contributed by atoms with Gasteiger partial charge in [-0.2, -0.15) is 22.8 Å². The van der Waals surface area contributed by atoms with Crippen molar-refractivity contribution >= 4 is 17.5 Å². The summed E-state index contributed by atoms with van der Waals surface area (Å²) in [6.45, 7) is -2.25. The average molecular weight is 479 g/mol. The first-order chi connectivity index (χ1) is 17.3. The number of anilines is 1. The standard InChI is InChI=1S/C23H24F4N6O/c1-28-21(34)32-12-22(13-32,15-5-7-16(24)8-6-15)11-29-19-9-17(14-3-2-4-14)30-20-10-18(23(25,26)27)31-33(19)20/h5-10,14,29H,2-4,11-13H2,1H3,(H,28,34)/i1D3. The predicted molar refractivity (Wildman–Crippen MR) is 117 cm³/mol. The number of aromatic nitrogens is 3. The van der Waals surface area contributed by atoms with Gasteiger partial charge < -0.3 is 15.5 Å². The second kappa shape index (κ2) is 8.14. The lowest BCUT2D eigenvalue weighted by Crippen LogP contribution is -2.65. The highest BCUT2D eigenvalue weighted by Gasteiger charge is 2.46. The molecule has 11 heteroatoms. The minimum atomic E-state index is -4.64. The Bertz CT molecular complexity index is 1310. The fourth-order valence-electron chi connectivity index (χ4n) is 4.54. The second-order valence-electron chi connectivity index (χ2n) is 8.92. The Balaban J connectivity index is 1.45. The predicted octanol–water partition coefficient (Wildman–Crippen LogP) is 4.16. The van der Waals surface area contributed by atoms with Crippen LogP contribution < -0.4 is 10.6 Å². The van der Waals surface area contributed by atoms with Gasteiger partial charge >= 0.3 is 12.2 Å². The van der Waals surface area contributed by atoms with Gasteiger partial charge in [0.25, 0.3) is 0 Å². The number of likely N-dealkylation sites (tertiary alicyclic amines) is 1. The molecule has 1 aliphatic heterocycles. The lowest BCUT2D eigenvalue weighted by atomic mass is 9.73. The fraction of sp³-hybridized carbons (Fsp3) is 0.435. The van der Waals surface area contributed by atoms with Gasteiger partial charge in [-0.25, -0.2) is 14.2 Å². The topological polar surface area (TPSA) is 74.6 Å². The van der Waals surface area contributed by atoms with Crippen LogP contribution in [0.15, 0.2) is 36.4 Å². The number of halogens is 4. The third kappa shape index (κ3) is 3.92. The molecular weight excluding hydrogens is 452 g/mol. The SMILES string of the molecule is [2H]C([2H])([2H])NC(=O)N1CC(CNc2cc(C3CCC3)nc3cc(C(F)(F)F)nn23)(c2ccc(F)cc2)C1. The molecule has 1 aromatic carbocycles. The number of rotatable bonds is 5. The molecule has 2 amide bonds. The van der Waals surface area contributed by atoms with E-state index in [1.54, 1.807) is 18.2 Å². The molecule has 2 fully saturated rings. The number of nitrogens with zero attached hydrogens (tertiary/aromatic N) is 4. The summed E-state index contributed by atoms with van der Waals surface area (Å²) in [7, 11) is 0. The van der Waals surface area contributed by atoms with Crippen LogP contribution in [0, 0.1) is 5.82 Å². The van der Waals surface area contributed by atoms with E-state index >= 15 is 0 Å². The van der Waals surface area contributed by atoms with Gasteiger partial charge in [-0.1, -0.05) is 18.6 Å². The third-order valence-electron chi connectivity index (χ3n) is 6.71. The van der Waals surface area contributed by atoms with Crippen LogP contribution in [-0.2, 0) is 11.6 Å². The van der Waals surface area contributed by atoms with E-state index in [2.05, 4.69) is 15.4 Å². The first kappa shape index (κ1) is 19.0. The van der Waals surface area contributed by atoms with Crippen molar-refractivity contribution in [3.8, 4) is 0 Å². The van der Waals surface area contributed by atoms with E-state index in [1.807, 2.05) is 5.32 Å². The zero-order valence-corrected chi connectivity index (χ0v) is 18.0. The molecule has 5 rings (SSSR count). The largest absolute Gasteiger partial charge is 0.435 e. The summed E-state index contributed by atoms with van der Waals surface area (Å²) in [5, 5.41) is 8.85. The number of benzene rings is 1. The molecule has 0 radical (unpaired) electrons. The summed E-state index contributed by atoms with van der Waals surface area (Å²) in [6.07, 6.45) is -1.82. The number of carbonyl (C=O) groups is 1. The maximum absolute atomic E-state index is 13.6. The lowest BCUT2D eigenvalue weighted by Gasteiger charge is -2.50. The van der Waals surface area contributed by atoms with E-state index in [-0.39, 0.29) is 31.2 Å². The summed E-state index contributed by atoms with van der Waals surface area (Å²) in [5.74, 6) is 0.0262. The first-order valence-corrected chi connectivity index (χ1v) is 10.9. The maximum atomic E-state index is 13.6. The number of carbonyl (C=O) groups excluding carboxylic acids is 1. The van der Waals surface area contributed by atoms with E-state index in [0.29, 0.717) is 17.1 Å². The Hall–Kier alpha value is -3.37.